The van der Waals surface area contributed by atoms with E-state index in [9.17, 15) is 9.59 Å². The number of hydrogen-bond acceptors (Lipinski definition) is 2. The second-order valence-electron chi connectivity index (χ2n) is 4.70. The molecular weight excluding hydrogens is 228 g/mol. The van der Waals surface area contributed by atoms with Gasteiger partial charge in [-0.2, -0.15) is 0 Å². The van der Waals surface area contributed by atoms with Crippen molar-refractivity contribution in [3.8, 4) is 0 Å². The third-order valence-corrected chi connectivity index (χ3v) is 2.56. The maximum atomic E-state index is 11.5. The third kappa shape index (κ3) is 4.99. The molecule has 0 bridgehead atoms. The molecule has 0 atom stereocenters. The number of ketones is 1. The molecule has 98 valence electrons. The first kappa shape index (κ1) is 14.2. The van der Waals surface area contributed by atoms with Crippen molar-refractivity contribution in [1.82, 2.24) is 5.32 Å². The largest absolute Gasteiger partial charge is 0.338 e. The molecule has 4 nitrogen and oxygen atoms in total. The Morgan fingerprint density at radius 3 is 2.28 bits per heavy atom. The highest BCUT2D eigenvalue weighted by Crippen LogP contribution is 2.09. The van der Waals surface area contributed by atoms with Gasteiger partial charge < -0.3 is 10.6 Å². The van der Waals surface area contributed by atoms with Crippen molar-refractivity contribution in [2.75, 3.05) is 11.9 Å². The highest BCUT2D eigenvalue weighted by molar-refractivity contribution is 5.95. The summed E-state index contributed by atoms with van der Waals surface area (Å²) in [6.07, 6.45) is 0.955. The van der Waals surface area contributed by atoms with Crippen molar-refractivity contribution in [2.45, 2.75) is 27.2 Å². The Kier molecular flexibility index (Phi) is 5.36. The van der Waals surface area contributed by atoms with Crippen molar-refractivity contribution < 1.29 is 9.59 Å². The van der Waals surface area contributed by atoms with E-state index in [1.165, 1.54) is 6.92 Å². The molecule has 1 rings (SSSR count). The van der Waals surface area contributed by atoms with Crippen molar-refractivity contribution in [3.63, 3.8) is 0 Å². The zero-order valence-corrected chi connectivity index (χ0v) is 11.1. The van der Waals surface area contributed by atoms with E-state index in [0.717, 1.165) is 6.42 Å². The van der Waals surface area contributed by atoms with Crippen molar-refractivity contribution in [2.24, 2.45) is 5.92 Å². The number of carbonyl (C=O) groups excluding carboxylic acids is 2. The molecule has 2 N–H and O–H groups in total. The van der Waals surface area contributed by atoms with Gasteiger partial charge in [0.25, 0.3) is 0 Å². The fraction of sp³-hybridized carbons (Fsp3) is 0.429. The summed E-state index contributed by atoms with van der Waals surface area (Å²) in [6, 6.07) is 6.63. The molecule has 1 aromatic rings. The summed E-state index contributed by atoms with van der Waals surface area (Å²) in [4.78, 5) is 22.6. The first-order chi connectivity index (χ1) is 8.49. The van der Waals surface area contributed by atoms with Gasteiger partial charge in [-0.25, -0.2) is 4.79 Å². The number of urea groups is 1. The molecule has 0 aromatic heterocycles. The van der Waals surface area contributed by atoms with Crippen molar-refractivity contribution >= 4 is 17.5 Å². The molecule has 0 spiro atoms. The molecule has 18 heavy (non-hydrogen) atoms. The molecule has 1 aromatic carbocycles. The number of rotatable bonds is 5. The van der Waals surface area contributed by atoms with E-state index in [1.54, 1.807) is 24.3 Å². The fourth-order valence-corrected chi connectivity index (χ4v) is 1.44. The Bertz CT molecular complexity index is 410. The van der Waals surface area contributed by atoms with Gasteiger partial charge in [-0.05, 0) is 43.5 Å². The summed E-state index contributed by atoms with van der Waals surface area (Å²) in [5, 5.41) is 5.50. The second-order valence-corrected chi connectivity index (χ2v) is 4.70. The van der Waals surface area contributed by atoms with Crippen LogP contribution < -0.4 is 10.6 Å². The SMILES string of the molecule is CC(=O)c1ccc(NC(=O)NCCC(C)C)cc1. The minimum absolute atomic E-state index is 0.0166. The summed E-state index contributed by atoms with van der Waals surface area (Å²) in [5.41, 5.74) is 1.32. The van der Waals surface area contributed by atoms with E-state index in [4.69, 9.17) is 0 Å². The molecule has 0 aliphatic carbocycles. The zero-order chi connectivity index (χ0) is 13.5. The average molecular weight is 248 g/mol. The molecule has 0 saturated carbocycles. The van der Waals surface area contributed by atoms with Crippen LogP contribution in [0.2, 0.25) is 0 Å². The van der Waals surface area contributed by atoms with Crippen LogP contribution in [0, 0.1) is 5.92 Å². The topological polar surface area (TPSA) is 58.2 Å². The quantitative estimate of drug-likeness (QED) is 0.787. The van der Waals surface area contributed by atoms with E-state index < -0.39 is 0 Å². The monoisotopic (exact) mass is 248 g/mol. The lowest BCUT2D eigenvalue weighted by atomic mass is 10.1. The number of Topliss-reactive ketones (excluding diaryl/α,β-unsaturated/α-hetero) is 1. The smallest absolute Gasteiger partial charge is 0.319 e. The Morgan fingerprint density at radius 1 is 1.17 bits per heavy atom. The van der Waals surface area contributed by atoms with Gasteiger partial charge in [0, 0.05) is 17.8 Å². The predicted octanol–water partition coefficient (Wildman–Crippen LogP) is 3.06. The zero-order valence-electron chi connectivity index (χ0n) is 11.1. The molecule has 0 radical (unpaired) electrons. The molecule has 0 fully saturated rings. The van der Waals surface area contributed by atoms with E-state index in [2.05, 4.69) is 24.5 Å². The van der Waals surface area contributed by atoms with E-state index in [1.807, 2.05) is 0 Å². The summed E-state index contributed by atoms with van der Waals surface area (Å²) >= 11 is 0. The van der Waals surface area contributed by atoms with Crippen LogP contribution in [-0.4, -0.2) is 18.4 Å². The van der Waals surface area contributed by atoms with Gasteiger partial charge in [-0.15, -0.1) is 0 Å². The minimum atomic E-state index is -0.216. The van der Waals surface area contributed by atoms with Crippen LogP contribution in [0.4, 0.5) is 10.5 Å². The van der Waals surface area contributed by atoms with Gasteiger partial charge >= 0.3 is 6.03 Å². The normalized spacial score (nSPS) is 10.2. The van der Waals surface area contributed by atoms with Crippen molar-refractivity contribution in [1.29, 1.82) is 0 Å². The summed E-state index contributed by atoms with van der Waals surface area (Å²) in [6.45, 7) is 6.40. The number of nitrogens with one attached hydrogen (secondary N) is 2. The van der Waals surface area contributed by atoms with Crippen LogP contribution in [0.5, 0.6) is 0 Å². The highest BCUT2D eigenvalue weighted by atomic mass is 16.2. The van der Waals surface area contributed by atoms with Crippen LogP contribution in [0.1, 0.15) is 37.6 Å². The third-order valence-electron chi connectivity index (χ3n) is 2.56. The minimum Gasteiger partial charge on any atom is -0.338 e. The average Bonchev–Trinajstić information content (AvgIpc) is 2.29. The van der Waals surface area contributed by atoms with Gasteiger partial charge in [0.1, 0.15) is 0 Å². The Labute approximate surface area is 108 Å². The highest BCUT2D eigenvalue weighted by Gasteiger charge is 2.03. The van der Waals surface area contributed by atoms with Gasteiger partial charge in [0.05, 0.1) is 0 Å². The van der Waals surface area contributed by atoms with Crippen molar-refractivity contribution in [3.05, 3.63) is 29.8 Å². The number of carbonyl (C=O) groups is 2. The van der Waals surface area contributed by atoms with Gasteiger partial charge in [0.2, 0.25) is 0 Å². The number of anilines is 1. The lowest BCUT2D eigenvalue weighted by molar-refractivity contribution is 0.101. The van der Waals surface area contributed by atoms with Gasteiger partial charge in [0.15, 0.2) is 5.78 Å². The molecule has 2 amide bonds. The molecule has 0 aliphatic heterocycles. The fourth-order valence-electron chi connectivity index (χ4n) is 1.44. The lowest BCUT2D eigenvalue weighted by Crippen LogP contribution is -2.30. The number of benzene rings is 1. The number of hydrogen-bond donors (Lipinski definition) is 2. The van der Waals surface area contributed by atoms with Gasteiger partial charge in [-0.1, -0.05) is 13.8 Å². The summed E-state index contributed by atoms with van der Waals surface area (Å²) in [5.74, 6) is 0.586. The van der Waals surface area contributed by atoms with E-state index in [-0.39, 0.29) is 11.8 Å². The van der Waals surface area contributed by atoms with Crippen LogP contribution in [0.15, 0.2) is 24.3 Å². The van der Waals surface area contributed by atoms with Crippen LogP contribution in [0.25, 0.3) is 0 Å². The van der Waals surface area contributed by atoms with Crippen LogP contribution >= 0.6 is 0 Å². The molecule has 0 saturated heterocycles. The molecular formula is C14H20N2O2. The Balaban J connectivity index is 2.42. The van der Waals surface area contributed by atoms with Crippen LogP contribution in [0.3, 0.4) is 0 Å². The molecule has 0 aliphatic rings. The molecule has 0 heterocycles. The Morgan fingerprint density at radius 2 is 1.78 bits per heavy atom. The first-order valence-electron chi connectivity index (χ1n) is 6.15. The summed E-state index contributed by atoms with van der Waals surface area (Å²) < 4.78 is 0. The van der Waals surface area contributed by atoms with Gasteiger partial charge in [-0.3, -0.25) is 4.79 Å². The molecule has 0 unspecified atom stereocenters. The molecule has 4 heteroatoms. The number of amides is 2. The second kappa shape index (κ2) is 6.79. The first-order valence-corrected chi connectivity index (χ1v) is 6.15. The predicted molar refractivity (Wildman–Crippen MR) is 72.9 cm³/mol. The summed E-state index contributed by atoms with van der Waals surface area (Å²) in [7, 11) is 0. The standard InChI is InChI=1S/C14H20N2O2/c1-10(2)8-9-15-14(18)16-13-6-4-12(5-7-13)11(3)17/h4-7,10H,8-9H2,1-3H3,(H2,15,16,18). The van der Waals surface area contributed by atoms with E-state index >= 15 is 0 Å². The van der Waals surface area contributed by atoms with Crippen LogP contribution in [-0.2, 0) is 0 Å². The Hall–Kier alpha value is -1.84. The lowest BCUT2D eigenvalue weighted by Gasteiger charge is -2.09. The maximum absolute atomic E-state index is 11.5. The van der Waals surface area contributed by atoms with E-state index in [0.29, 0.717) is 23.7 Å². The maximum Gasteiger partial charge on any atom is 0.319 e.